The van der Waals surface area contributed by atoms with Crippen molar-refractivity contribution in [3.63, 3.8) is 0 Å². The summed E-state index contributed by atoms with van der Waals surface area (Å²) in [7, 11) is 0. The quantitative estimate of drug-likeness (QED) is 0.291. The van der Waals surface area contributed by atoms with Crippen molar-refractivity contribution in [1.82, 2.24) is 4.57 Å². The van der Waals surface area contributed by atoms with Crippen molar-refractivity contribution in [1.29, 1.82) is 0 Å². The van der Waals surface area contributed by atoms with Gasteiger partial charge in [-0.2, -0.15) is 28.3 Å². The van der Waals surface area contributed by atoms with Crippen LogP contribution in [0.4, 0.5) is 0 Å². The fraction of sp³-hybridized carbons (Fsp3) is 0.185. The standard InChI is InChI=1S/C18H14N.C9H13.2ClH.Zr/c1-13-10-16-8-4-5-9-18(16)19(13)17-11-14-6-2-3-7-15(14)12-17;1-6-5-7(2)9(4)8(6)3;;;/h2-12H,1H3;5H,1-4H3;2*1H;/q2*-1;;;+4/p-2. The molecule has 4 heteroatoms. The Morgan fingerprint density at radius 1 is 0.806 bits per heavy atom. The summed E-state index contributed by atoms with van der Waals surface area (Å²) < 4.78 is 2.33. The molecule has 1 heterocycles. The van der Waals surface area contributed by atoms with Gasteiger partial charge in [0.05, 0.1) is 5.52 Å². The largest absolute Gasteiger partial charge is 4.00 e. The number of fused-ring (bicyclic) bond motifs is 2. The van der Waals surface area contributed by atoms with Gasteiger partial charge in [0.1, 0.15) is 0 Å². The molecule has 0 aliphatic carbocycles. The Bertz CT molecular complexity index is 1220. The summed E-state index contributed by atoms with van der Waals surface area (Å²) in [4.78, 5) is 0. The minimum Gasteiger partial charge on any atom is -1.00 e. The molecule has 158 valence electrons. The van der Waals surface area contributed by atoms with Gasteiger partial charge in [-0.15, -0.1) is 41.1 Å². The average molecular weight is 528 g/mol. The van der Waals surface area contributed by atoms with E-state index in [1.807, 2.05) is 0 Å². The second-order valence-corrected chi connectivity index (χ2v) is 7.78. The number of nitrogens with zero attached hydrogens (tertiary/aromatic N) is 1. The summed E-state index contributed by atoms with van der Waals surface area (Å²) in [5.74, 6) is 0. The van der Waals surface area contributed by atoms with Gasteiger partial charge >= 0.3 is 26.2 Å². The molecule has 0 unspecified atom stereocenters. The summed E-state index contributed by atoms with van der Waals surface area (Å²) in [6.45, 7) is 10.8. The Morgan fingerprint density at radius 2 is 1.42 bits per heavy atom. The van der Waals surface area contributed by atoms with Crippen molar-refractivity contribution in [2.75, 3.05) is 0 Å². The van der Waals surface area contributed by atoms with Crippen molar-refractivity contribution in [2.45, 2.75) is 34.6 Å². The third-order valence-corrected chi connectivity index (χ3v) is 5.93. The molecule has 0 N–H and O–H groups in total. The minimum atomic E-state index is 0. The number of aryl methyl sites for hydroxylation is 3. The monoisotopic (exact) mass is 525 g/mol. The zero-order chi connectivity index (χ0) is 19.8. The maximum absolute atomic E-state index is 2.33. The average Bonchev–Trinajstić information content (AvgIpc) is 3.32. The maximum atomic E-state index is 2.33. The zero-order valence-electron chi connectivity index (χ0n) is 18.6. The number of benzene rings is 2. The first-order valence-corrected chi connectivity index (χ1v) is 9.88. The molecule has 0 saturated carbocycles. The molecule has 0 amide bonds. The summed E-state index contributed by atoms with van der Waals surface area (Å²) in [5, 5.41) is 3.90. The van der Waals surface area contributed by atoms with Gasteiger partial charge in [-0.05, 0) is 24.7 Å². The molecule has 4 aromatic carbocycles. The fourth-order valence-corrected chi connectivity index (χ4v) is 4.03. The summed E-state index contributed by atoms with van der Waals surface area (Å²) in [5.41, 5.74) is 9.54. The van der Waals surface area contributed by atoms with Crippen LogP contribution < -0.4 is 24.8 Å². The number of hydrogen-bond donors (Lipinski definition) is 0. The van der Waals surface area contributed by atoms with Crippen LogP contribution >= 0.6 is 0 Å². The second-order valence-electron chi connectivity index (χ2n) is 7.78. The van der Waals surface area contributed by atoms with E-state index in [1.54, 1.807) is 0 Å². The van der Waals surface area contributed by atoms with E-state index in [0.717, 1.165) is 0 Å². The molecule has 1 aromatic heterocycles. The van der Waals surface area contributed by atoms with Crippen LogP contribution in [0, 0.1) is 34.6 Å². The van der Waals surface area contributed by atoms with E-state index >= 15 is 0 Å². The van der Waals surface area contributed by atoms with Crippen LogP contribution in [0.3, 0.4) is 0 Å². The summed E-state index contributed by atoms with van der Waals surface area (Å²) >= 11 is 0. The van der Waals surface area contributed by atoms with Crippen molar-refractivity contribution in [2.24, 2.45) is 0 Å². The molecule has 31 heavy (non-hydrogen) atoms. The number of halogens is 2. The molecule has 0 fully saturated rings. The zero-order valence-corrected chi connectivity index (χ0v) is 22.6. The van der Waals surface area contributed by atoms with Crippen LogP contribution in [0.5, 0.6) is 0 Å². The molecule has 5 rings (SSSR count). The van der Waals surface area contributed by atoms with Gasteiger partial charge in [0.25, 0.3) is 0 Å². The van der Waals surface area contributed by atoms with Gasteiger partial charge in [-0.1, -0.05) is 52.0 Å². The van der Waals surface area contributed by atoms with Crippen molar-refractivity contribution in [3.05, 3.63) is 101 Å². The normalized spacial score (nSPS) is 9.97. The predicted molar refractivity (Wildman–Crippen MR) is 122 cm³/mol. The number of para-hydroxylation sites is 1. The van der Waals surface area contributed by atoms with Gasteiger partial charge in [-0.3, -0.25) is 0 Å². The first-order valence-electron chi connectivity index (χ1n) is 9.88. The van der Waals surface area contributed by atoms with E-state index in [-0.39, 0.29) is 51.0 Å². The fourth-order valence-electron chi connectivity index (χ4n) is 4.03. The van der Waals surface area contributed by atoms with Crippen LogP contribution in [0.1, 0.15) is 27.9 Å². The molecule has 0 atom stereocenters. The van der Waals surface area contributed by atoms with E-state index < -0.39 is 0 Å². The third-order valence-electron chi connectivity index (χ3n) is 5.93. The molecule has 0 aliphatic heterocycles. The van der Waals surface area contributed by atoms with E-state index in [9.17, 15) is 0 Å². The maximum Gasteiger partial charge on any atom is 4.00 e. The molecule has 0 bridgehead atoms. The molecule has 0 radical (unpaired) electrons. The number of aromatic nitrogens is 1. The molecule has 0 saturated heterocycles. The Balaban J connectivity index is 0.000000348. The molecule has 5 aromatic rings. The summed E-state index contributed by atoms with van der Waals surface area (Å²) in [6, 6.07) is 26.1. The van der Waals surface area contributed by atoms with E-state index in [0.29, 0.717) is 0 Å². The van der Waals surface area contributed by atoms with Crippen LogP contribution in [-0.2, 0) is 26.2 Å². The van der Waals surface area contributed by atoms with Gasteiger partial charge in [0, 0.05) is 11.1 Å². The predicted octanol–water partition coefficient (Wildman–Crippen LogP) is 1.46. The Kier molecular flexibility index (Phi) is 10.0. The first-order chi connectivity index (χ1) is 13.5. The van der Waals surface area contributed by atoms with Crippen LogP contribution in [-0.4, -0.2) is 4.57 Å². The SMILES string of the molecule is Cc1c[c-](C)c(C)c1C.Cc1cc2ccccc2n1-c1cc2ccccc2[cH-]1.[Cl-].[Cl-].[Zr+4]. The van der Waals surface area contributed by atoms with Crippen LogP contribution in [0.2, 0.25) is 0 Å². The smallest absolute Gasteiger partial charge is 1.00 e. The van der Waals surface area contributed by atoms with Crippen molar-refractivity contribution >= 4 is 21.7 Å². The van der Waals surface area contributed by atoms with Gasteiger partial charge < -0.3 is 29.4 Å². The third kappa shape index (κ3) is 5.43. The van der Waals surface area contributed by atoms with Crippen LogP contribution in [0.15, 0.2) is 72.8 Å². The van der Waals surface area contributed by atoms with Gasteiger partial charge in [-0.25, -0.2) is 0 Å². The number of rotatable bonds is 1. The topological polar surface area (TPSA) is 4.93 Å². The summed E-state index contributed by atoms with van der Waals surface area (Å²) in [6.07, 6.45) is 0. The molecular weight excluding hydrogens is 500 g/mol. The molecule has 1 nitrogen and oxygen atoms in total. The number of hydrogen-bond acceptors (Lipinski definition) is 0. The molecule has 0 aliphatic rings. The van der Waals surface area contributed by atoms with E-state index in [1.165, 1.54) is 55.3 Å². The van der Waals surface area contributed by atoms with Gasteiger partial charge in [0.2, 0.25) is 0 Å². The van der Waals surface area contributed by atoms with Crippen molar-refractivity contribution < 1.29 is 51.0 Å². The molecular formula is C27H27Cl2NZr. The Morgan fingerprint density at radius 3 is 1.97 bits per heavy atom. The van der Waals surface area contributed by atoms with Crippen molar-refractivity contribution in [3.8, 4) is 5.69 Å². The minimum absolute atomic E-state index is 0. The second kappa shape index (κ2) is 11.3. The van der Waals surface area contributed by atoms with E-state index in [4.69, 9.17) is 0 Å². The molecule has 0 spiro atoms. The van der Waals surface area contributed by atoms with Gasteiger partial charge in [0.15, 0.2) is 0 Å². The first kappa shape index (κ1) is 27.4. The Labute approximate surface area is 217 Å². The van der Waals surface area contributed by atoms with E-state index in [2.05, 4.69) is 112 Å². The Hall–Kier alpha value is -1.60. The van der Waals surface area contributed by atoms with Crippen LogP contribution in [0.25, 0.3) is 27.4 Å².